The molecule has 0 radical (unpaired) electrons. The van der Waals surface area contributed by atoms with Crippen LogP contribution >= 0.6 is 0 Å². The average molecular weight is 973 g/mol. The second kappa shape index (κ2) is 21.8. The molecular weight excluding hydrogens is 875 g/mol. The minimum Gasteiger partial charge on any atom is -0.497 e. The van der Waals surface area contributed by atoms with Crippen LogP contribution in [0, 0.1) is 17.8 Å². The molecule has 1 aromatic rings. The molecular formula is C49H97NO10Si4. The van der Waals surface area contributed by atoms with E-state index in [1.807, 2.05) is 24.3 Å². The van der Waals surface area contributed by atoms with Crippen molar-refractivity contribution in [3.8, 4) is 5.75 Å². The van der Waals surface area contributed by atoms with Gasteiger partial charge in [-0.1, -0.05) is 102 Å². The lowest BCUT2D eigenvalue weighted by Gasteiger charge is -2.48. The second-order valence-corrected chi connectivity index (χ2v) is 44.1. The summed E-state index contributed by atoms with van der Waals surface area (Å²) in [7, 11) is -5.09. The number of methoxy groups -OCH3 is 1. The van der Waals surface area contributed by atoms with Crippen LogP contribution < -0.4 is 4.74 Å². The molecule has 1 heterocycles. The van der Waals surface area contributed by atoms with Crippen molar-refractivity contribution in [3.63, 3.8) is 0 Å². The molecule has 0 saturated carbocycles. The molecule has 1 N–H and O–H groups in total. The standard InChI is InChI=1S/C49H97NO10Si4/c1-35(31-55-32-36-26-28-37(53-16)29-27-36)43-49(14,58-43)44(60-64(24,25)48(11,12)13)39(34-57-62(20,21)46(5,6)7)42(52)38(33-56-61(18,19)45(2,3)4)40(30-41(51)50(15)54-17)59-63(22,23)47(8,9)10/h26-29,35,38-40,42-44,52H,30-34H2,1-25H3/t35-,38-,39-,40-,42-,43+,44-,49+/m0/s1. The van der Waals surface area contributed by atoms with Crippen molar-refractivity contribution in [2.24, 2.45) is 17.8 Å². The zero-order valence-electron chi connectivity index (χ0n) is 45.5. The smallest absolute Gasteiger partial charge is 0.248 e. The van der Waals surface area contributed by atoms with E-state index in [4.69, 9.17) is 36.8 Å². The molecule has 1 aliphatic heterocycles. The predicted molar refractivity (Wildman–Crippen MR) is 273 cm³/mol. The topological polar surface area (TPSA) is 118 Å². The van der Waals surface area contributed by atoms with Crippen LogP contribution in [0.1, 0.15) is 109 Å². The SMILES string of the molecule is COc1ccc(COC[C@H](C)[C@H]2O[C@@]2(C)[C@@H](O[Si](C)(C)C(C)(C)C)[C@@H](CO[Si](C)(C)C(C)(C)C)[C@@H](O)[C@@H](CO[Si](C)(C)C(C)(C)C)[C@H](CC(=O)N(C)OC)O[Si](C)(C)C(C)(C)C)cc1. The first-order valence-corrected chi connectivity index (χ1v) is 35.3. The maximum atomic E-state index is 14.0. The first-order valence-electron chi connectivity index (χ1n) is 23.7. The molecule has 1 aromatic carbocycles. The lowest BCUT2D eigenvalue weighted by molar-refractivity contribution is -0.172. The summed E-state index contributed by atoms with van der Waals surface area (Å²) in [5.74, 6) is -0.634. The zero-order valence-corrected chi connectivity index (χ0v) is 49.5. The van der Waals surface area contributed by atoms with E-state index in [0.717, 1.165) is 11.3 Å². The minimum absolute atomic E-state index is 0.00195. The minimum atomic E-state index is -2.55. The van der Waals surface area contributed by atoms with E-state index in [-0.39, 0.29) is 57.7 Å². The summed E-state index contributed by atoms with van der Waals surface area (Å²) < 4.78 is 47.9. The van der Waals surface area contributed by atoms with Gasteiger partial charge in [-0.2, -0.15) is 0 Å². The highest BCUT2D eigenvalue weighted by molar-refractivity contribution is 6.75. The van der Waals surface area contributed by atoms with E-state index in [0.29, 0.717) is 13.2 Å². The number of ether oxygens (including phenoxy) is 3. The lowest BCUT2D eigenvalue weighted by Crippen LogP contribution is -2.59. The van der Waals surface area contributed by atoms with Gasteiger partial charge in [0.05, 0.1) is 58.3 Å². The molecule has 8 atom stereocenters. The Labute approximate surface area is 396 Å². The number of nitrogens with zero attached hydrogens (tertiary/aromatic N) is 1. The van der Waals surface area contributed by atoms with E-state index in [1.165, 1.54) is 12.2 Å². The fourth-order valence-corrected chi connectivity index (χ4v) is 11.7. The Hall–Kier alpha value is -0.962. The Bertz CT molecular complexity index is 1610. The number of rotatable bonds is 24. The van der Waals surface area contributed by atoms with Gasteiger partial charge in [-0.25, -0.2) is 5.06 Å². The van der Waals surface area contributed by atoms with Gasteiger partial charge in [0.25, 0.3) is 0 Å². The number of hydroxylamine groups is 2. The molecule has 0 aliphatic carbocycles. The number of carbonyl (C=O) groups excluding carboxylic acids is 1. The summed E-state index contributed by atoms with van der Waals surface area (Å²) in [4.78, 5) is 19.4. The summed E-state index contributed by atoms with van der Waals surface area (Å²) in [5, 5.41) is 14.4. The van der Waals surface area contributed by atoms with Gasteiger partial charge < -0.3 is 37.0 Å². The number of amides is 1. The van der Waals surface area contributed by atoms with Crippen molar-refractivity contribution in [2.75, 3.05) is 41.1 Å². The normalized spacial score (nSPS) is 21.2. The third-order valence-electron chi connectivity index (χ3n) is 15.9. The predicted octanol–water partition coefficient (Wildman–Crippen LogP) is 11.8. The van der Waals surface area contributed by atoms with Crippen LogP contribution in [0.15, 0.2) is 24.3 Å². The van der Waals surface area contributed by atoms with Crippen LogP contribution in [-0.2, 0) is 43.4 Å². The van der Waals surface area contributed by atoms with Crippen molar-refractivity contribution in [2.45, 2.75) is 213 Å². The molecule has 1 aliphatic rings. The highest BCUT2D eigenvalue weighted by atomic mass is 28.4. The van der Waals surface area contributed by atoms with E-state index in [9.17, 15) is 9.90 Å². The number of aliphatic hydroxyl groups excluding tert-OH is 1. The van der Waals surface area contributed by atoms with Gasteiger partial charge in [0.15, 0.2) is 33.3 Å². The number of aliphatic hydroxyl groups is 1. The quantitative estimate of drug-likeness (QED) is 0.0609. The van der Waals surface area contributed by atoms with Crippen molar-refractivity contribution >= 4 is 39.2 Å². The van der Waals surface area contributed by atoms with E-state index in [2.05, 4.69) is 149 Å². The molecule has 64 heavy (non-hydrogen) atoms. The summed E-state index contributed by atoms with van der Waals surface area (Å²) in [6, 6.07) is 7.93. The maximum absolute atomic E-state index is 14.0. The first kappa shape index (κ1) is 59.2. The number of epoxide rings is 1. The van der Waals surface area contributed by atoms with E-state index in [1.54, 1.807) is 14.2 Å². The third-order valence-corrected chi connectivity index (χ3v) is 33.9. The van der Waals surface area contributed by atoms with Gasteiger partial charge in [-0.15, -0.1) is 0 Å². The Morgan fingerprint density at radius 1 is 0.719 bits per heavy atom. The summed E-state index contributed by atoms with van der Waals surface area (Å²) >= 11 is 0. The Morgan fingerprint density at radius 2 is 1.16 bits per heavy atom. The highest BCUT2D eigenvalue weighted by Crippen LogP contribution is 2.52. The van der Waals surface area contributed by atoms with Gasteiger partial charge in [0.2, 0.25) is 5.91 Å². The van der Waals surface area contributed by atoms with Gasteiger partial charge >= 0.3 is 0 Å². The highest BCUT2D eigenvalue weighted by Gasteiger charge is 2.65. The van der Waals surface area contributed by atoms with Crippen molar-refractivity contribution < 1.29 is 46.7 Å². The van der Waals surface area contributed by atoms with Gasteiger partial charge in [0.1, 0.15) is 11.4 Å². The Balaban J connectivity index is 2.91. The molecule has 0 unspecified atom stereocenters. The molecule has 1 amide bonds. The Kier molecular flexibility index (Phi) is 20.1. The molecule has 2 rings (SSSR count). The molecule has 0 bridgehead atoms. The largest absolute Gasteiger partial charge is 0.497 e. The van der Waals surface area contributed by atoms with Crippen LogP contribution in [0.4, 0.5) is 0 Å². The lowest BCUT2D eigenvalue weighted by atomic mass is 9.78. The van der Waals surface area contributed by atoms with Crippen LogP contribution in [0.5, 0.6) is 5.75 Å². The number of benzene rings is 1. The first-order chi connectivity index (χ1) is 28.7. The monoisotopic (exact) mass is 972 g/mol. The molecule has 0 spiro atoms. The number of carbonyl (C=O) groups is 1. The van der Waals surface area contributed by atoms with Gasteiger partial charge in [0, 0.05) is 38.0 Å². The van der Waals surface area contributed by atoms with Gasteiger partial charge in [-0.3, -0.25) is 9.63 Å². The maximum Gasteiger partial charge on any atom is 0.248 e. The van der Waals surface area contributed by atoms with Crippen molar-refractivity contribution in [1.29, 1.82) is 0 Å². The second-order valence-electron chi connectivity index (χ2n) is 25.0. The number of hydrogen-bond acceptors (Lipinski definition) is 10. The number of hydrogen-bond donors (Lipinski definition) is 1. The summed E-state index contributed by atoms with van der Waals surface area (Å²) in [5.41, 5.74) is 0.279. The molecule has 374 valence electrons. The van der Waals surface area contributed by atoms with E-state index >= 15 is 0 Å². The van der Waals surface area contributed by atoms with Crippen LogP contribution in [-0.4, -0.2) is 120 Å². The Morgan fingerprint density at radius 3 is 1.58 bits per heavy atom. The van der Waals surface area contributed by atoms with Crippen molar-refractivity contribution in [3.05, 3.63) is 29.8 Å². The third kappa shape index (κ3) is 15.3. The zero-order chi connectivity index (χ0) is 49.9. The molecule has 11 nitrogen and oxygen atoms in total. The summed E-state index contributed by atoms with van der Waals surface area (Å²) in [6.07, 6.45) is -2.57. The molecule has 1 saturated heterocycles. The average Bonchev–Trinajstić information content (AvgIpc) is 3.84. The van der Waals surface area contributed by atoms with Crippen LogP contribution in [0.2, 0.25) is 72.5 Å². The van der Waals surface area contributed by atoms with Gasteiger partial charge in [-0.05, 0) is 97.1 Å². The van der Waals surface area contributed by atoms with Crippen molar-refractivity contribution in [1.82, 2.24) is 5.06 Å². The van der Waals surface area contributed by atoms with Crippen LogP contribution in [0.3, 0.4) is 0 Å². The summed E-state index contributed by atoms with van der Waals surface area (Å²) in [6.45, 7) is 50.3. The molecule has 0 aromatic heterocycles. The fraction of sp³-hybridized carbons (Fsp3) is 0.857. The molecule has 1 fully saturated rings. The van der Waals surface area contributed by atoms with E-state index < -0.39 is 69.0 Å². The fourth-order valence-electron chi connectivity index (χ4n) is 6.83. The molecule has 15 heteroatoms. The van der Waals surface area contributed by atoms with Crippen LogP contribution in [0.25, 0.3) is 0 Å².